The average molecular weight is 357 g/mol. The molecule has 0 aliphatic heterocycles. The fourth-order valence-electron chi connectivity index (χ4n) is 2.81. The van der Waals surface area contributed by atoms with Crippen LogP contribution in [0.15, 0.2) is 65.7 Å². The van der Waals surface area contributed by atoms with Crippen molar-refractivity contribution in [1.82, 2.24) is 4.57 Å². The molecule has 0 spiro atoms. The topological polar surface area (TPSA) is 65.4 Å². The molecule has 25 heavy (non-hydrogen) atoms. The van der Waals surface area contributed by atoms with E-state index in [2.05, 4.69) is 0 Å². The second-order valence-corrected chi connectivity index (χ2v) is 7.65. The maximum Gasteiger partial charge on any atom is 0.325 e. The van der Waals surface area contributed by atoms with Gasteiger partial charge in [-0.3, -0.25) is 4.79 Å². The van der Waals surface area contributed by atoms with Crippen LogP contribution in [0.2, 0.25) is 0 Å². The largest absolute Gasteiger partial charge is 0.465 e. The van der Waals surface area contributed by atoms with E-state index in [1.165, 1.54) is 6.20 Å². The van der Waals surface area contributed by atoms with Crippen LogP contribution in [0.3, 0.4) is 0 Å². The quantitative estimate of drug-likeness (QED) is 0.636. The number of benzene rings is 2. The minimum atomic E-state index is -3.54. The number of hydrogen-bond donors (Lipinski definition) is 0. The van der Waals surface area contributed by atoms with E-state index in [0.29, 0.717) is 10.9 Å². The summed E-state index contributed by atoms with van der Waals surface area (Å²) in [6.07, 6.45) is 1.53. The molecule has 0 fully saturated rings. The van der Waals surface area contributed by atoms with Gasteiger partial charge in [0.05, 0.1) is 17.3 Å². The summed E-state index contributed by atoms with van der Waals surface area (Å²) < 4.78 is 32.4. The highest BCUT2D eigenvalue weighted by Crippen LogP contribution is 2.28. The fourth-order valence-corrected chi connectivity index (χ4v) is 4.39. The van der Waals surface area contributed by atoms with Gasteiger partial charge in [-0.05, 0) is 18.6 Å². The Morgan fingerprint density at radius 3 is 2.44 bits per heavy atom. The summed E-state index contributed by atoms with van der Waals surface area (Å²) in [5.41, 5.74) is 1.42. The lowest BCUT2D eigenvalue weighted by atomic mass is 10.2. The molecule has 0 unspecified atom stereocenters. The molecule has 0 atom stereocenters. The SMILES string of the molecule is CCOC(=O)Cn1cc(S(=O)(=O)Cc2ccccc2)c2ccccc21. The lowest BCUT2D eigenvalue weighted by molar-refractivity contribution is -0.143. The zero-order valence-electron chi connectivity index (χ0n) is 13.9. The van der Waals surface area contributed by atoms with Crippen LogP contribution in [0.1, 0.15) is 12.5 Å². The zero-order chi connectivity index (χ0) is 17.9. The molecule has 1 aromatic heterocycles. The predicted molar refractivity (Wildman–Crippen MR) is 95.9 cm³/mol. The van der Waals surface area contributed by atoms with Crippen molar-refractivity contribution < 1.29 is 17.9 Å². The van der Waals surface area contributed by atoms with Gasteiger partial charge in [-0.1, -0.05) is 48.5 Å². The van der Waals surface area contributed by atoms with Gasteiger partial charge in [0.1, 0.15) is 6.54 Å². The molecule has 0 saturated heterocycles. The van der Waals surface area contributed by atoms with Gasteiger partial charge >= 0.3 is 5.97 Å². The molecule has 3 rings (SSSR count). The van der Waals surface area contributed by atoms with Gasteiger partial charge < -0.3 is 9.30 Å². The minimum absolute atomic E-state index is 0.0186. The van der Waals surface area contributed by atoms with Gasteiger partial charge in [0.15, 0.2) is 9.84 Å². The first kappa shape index (κ1) is 17.2. The normalized spacial score (nSPS) is 11.6. The Hall–Kier alpha value is -2.60. The molecule has 0 N–H and O–H groups in total. The lowest BCUT2D eigenvalue weighted by Gasteiger charge is -2.04. The summed E-state index contributed by atoms with van der Waals surface area (Å²) in [6, 6.07) is 16.2. The second-order valence-electron chi connectivity index (χ2n) is 5.69. The first-order valence-corrected chi connectivity index (χ1v) is 9.66. The molecule has 0 aliphatic rings. The Bertz CT molecular complexity index is 991. The number of rotatable bonds is 6. The van der Waals surface area contributed by atoms with E-state index >= 15 is 0 Å². The average Bonchev–Trinajstić information content (AvgIpc) is 2.95. The van der Waals surface area contributed by atoms with Crippen molar-refractivity contribution in [2.45, 2.75) is 24.1 Å². The van der Waals surface area contributed by atoms with Crippen molar-refractivity contribution >= 4 is 26.7 Å². The molecule has 0 amide bonds. The lowest BCUT2D eigenvalue weighted by Crippen LogP contribution is -2.12. The third kappa shape index (κ3) is 3.74. The Balaban J connectivity index is 2.02. The van der Waals surface area contributed by atoms with Crippen LogP contribution >= 0.6 is 0 Å². The van der Waals surface area contributed by atoms with Crippen molar-refractivity contribution in [2.75, 3.05) is 6.61 Å². The monoisotopic (exact) mass is 357 g/mol. The van der Waals surface area contributed by atoms with Crippen LogP contribution in [-0.4, -0.2) is 25.6 Å². The van der Waals surface area contributed by atoms with E-state index in [9.17, 15) is 13.2 Å². The van der Waals surface area contributed by atoms with E-state index in [0.717, 1.165) is 5.56 Å². The summed E-state index contributed by atoms with van der Waals surface area (Å²) in [4.78, 5) is 12.0. The van der Waals surface area contributed by atoms with Crippen molar-refractivity contribution in [1.29, 1.82) is 0 Å². The van der Waals surface area contributed by atoms with Crippen molar-refractivity contribution in [3.8, 4) is 0 Å². The highest BCUT2D eigenvalue weighted by Gasteiger charge is 2.22. The van der Waals surface area contributed by atoms with Gasteiger partial charge in [-0.2, -0.15) is 0 Å². The number of nitrogens with zero attached hydrogens (tertiary/aromatic N) is 1. The van der Waals surface area contributed by atoms with Gasteiger partial charge in [0, 0.05) is 17.1 Å². The number of carbonyl (C=O) groups is 1. The second kappa shape index (κ2) is 7.11. The molecule has 5 nitrogen and oxygen atoms in total. The van der Waals surface area contributed by atoms with Crippen molar-refractivity contribution in [2.24, 2.45) is 0 Å². The van der Waals surface area contributed by atoms with Gasteiger partial charge in [0.2, 0.25) is 0 Å². The molecule has 2 aromatic carbocycles. The summed E-state index contributed by atoms with van der Waals surface area (Å²) in [7, 11) is -3.54. The van der Waals surface area contributed by atoms with Crippen LogP contribution in [0, 0.1) is 0 Å². The Kier molecular flexibility index (Phi) is 4.90. The van der Waals surface area contributed by atoms with Gasteiger partial charge in [0.25, 0.3) is 0 Å². The first-order valence-electron chi connectivity index (χ1n) is 8.01. The maximum absolute atomic E-state index is 12.9. The van der Waals surface area contributed by atoms with E-state index in [-0.39, 0.29) is 23.8 Å². The van der Waals surface area contributed by atoms with Crippen LogP contribution in [-0.2, 0) is 31.7 Å². The molecule has 6 heteroatoms. The predicted octanol–water partition coefficient (Wildman–Crippen LogP) is 3.18. The number of fused-ring (bicyclic) bond motifs is 1. The Morgan fingerprint density at radius 2 is 1.72 bits per heavy atom. The van der Waals surface area contributed by atoms with Gasteiger partial charge in [-0.15, -0.1) is 0 Å². The van der Waals surface area contributed by atoms with E-state index in [4.69, 9.17) is 4.74 Å². The number of ether oxygens (including phenoxy) is 1. The van der Waals surface area contributed by atoms with E-state index in [1.54, 1.807) is 41.8 Å². The van der Waals surface area contributed by atoms with Crippen molar-refractivity contribution in [3.63, 3.8) is 0 Å². The molecule has 130 valence electrons. The van der Waals surface area contributed by atoms with Crippen LogP contribution in [0.4, 0.5) is 0 Å². The zero-order valence-corrected chi connectivity index (χ0v) is 14.7. The minimum Gasteiger partial charge on any atom is -0.465 e. The molecule has 0 saturated carbocycles. The third-order valence-electron chi connectivity index (χ3n) is 3.89. The number of esters is 1. The van der Waals surface area contributed by atoms with Crippen LogP contribution in [0.25, 0.3) is 10.9 Å². The molecular weight excluding hydrogens is 338 g/mol. The highest BCUT2D eigenvalue weighted by atomic mass is 32.2. The molecule has 1 heterocycles. The number of carbonyl (C=O) groups excluding carboxylic acids is 1. The van der Waals surface area contributed by atoms with E-state index in [1.807, 2.05) is 24.3 Å². The van der Waals surface area contributed by atoms with E-state index < -0.39 is 15.8 Å². The van der Waals surface area contributed by atoms with Crippen LogP contribution in [0.5, 0.6) is 0 Å². The number of hydrogen-bond acceptors (Lipinski definition) is 4. The summed E-state index contributed by atoms with van der Waals surface area (Å²) >= 11 is 0. The summed E-state index contributed by atoms with van der Waals surface area (Å²) in [6.45, 7) is 2.01. The number of aromatic nitrogens is 1. The fraction of sp³-hybridized carbons (Fsp3) is 0.211. The smallest absolute Gasteiger partial charge is 0.325 e. The Labute approximate surface area is 146 Å². The number of para-hydroxylation sites is 1. The van der Waals surface area contributed by atoms with Gasteiger partial charge in [-0.25, -0.2) is 8.42 Å². The van der Waals surface area contributed by atoms with Crippen molar-refractivity contribution in [3.05, 3.63) is 66.4 Å². The molecule has 0 radical (unpaired) electrons. The maximum atomic E-state index is 12.9. The third-order valence-corrected chi connectivity index (χ3v) is 5.60. The first-order chi connectivity index (χ1) is 12.0. The summed E-state index contributed by atoms with van der Waals surface area (Å²) in [5, 5.41) is 0.614. The molecular formula is C19H19NO4S. The molecule has 0 aliphatic carbocycles. The molecule has 0 bridgehead atoms. The number of sulfone groups is 1. The standard InChI is InChI=1S/C19H19NO4S/c1-2-24-19(21)13-20-12-18(16-10-6-7-11-17(16)20)25(22,23)14-15-8-4-3-5-9-15/h3-12H,2,13-14H2,1H3. The van der Waals surface area contributed by atoms with Crippen LogP contribution < -0.4 is 0 Å². The molecule has 3 aromatic rings. The highest BCUT2D eigenvalue weighted by molar-refractivity contribution is 7.90. The Morgan fingerprint density at radius 1 is 1.04 bits per heavy atom. The summed E-state index contributed by atoms with van der Waals surface area (Å²) in [5.74, 6) is -0.475.